The minimum atomic E-state index is -0.337. The second-order valence-corrected chi connectivity index (χ2v) is 6.93. The third-order valence-electron chi connectivity index (χ3n) is 3.17. The van der Waals surface area contributed by atoms with Crippen LogP contribution in [0.2, 0.25) is 10.0 Å². The lowest BCUT2D eigenvalue weighted by atomic mass is 10.2. The molecule has 0 saturated heterocycles. The quantitative estimate of drug-likeness (QED) is 0.670. The van der Waals surface area contributed by atoms with Gasteiger partial charge in [0.2, 0.25) is 0 Å². The Morgan fingerprint density at radius 2 is 2.09 bits per heavy atom. The zero-order chi connectivity index (χ0) is 15.9. The Morgan fingerprint density at radius 3 is 2.77 bits per heavy atom. The zero-order valence-electron chi connectivity index (χ0n) is 11.5. The van der Waals surface area contributed by atoms with E-state index in [0.29, 0.717) is 25.8 Å². The summed E-state index contributed by atoms with van der Waals surface area (Å²) in [5.74, 6) is -0.130. The highest BCUT2D eigenvalue weighted by molar-refractivity contribution is 7.14. The number of hydrogen-bond acceptors (Lipinski definition) is 4. The molecule has 0 atom stereocenters. The van der Waals surface area contributed by atoms with E-state index in [1.54, 1.807) is 6.07 Å². The summed E-state index contributed by atoms with van der Waals surface area (Å²) >= 11 is 13.4. The van der Waals surface area contributed by atoms with Crippen molar-refractivity contribution in [2.45, 2.75) is 13.5 Å². The van der Waals surface area contributed by atoms with E-state index in [1.165, 1.54) is 34.4 Å². The summed E-state index contributed by atoms with van der Waals surface area (Å²) < 4.78 is 1.27. The van der Waals surface area contributed by atoms with Crippen LogP contribution in [-0.2, 0) is 6.54 Å². The fourth-order valence-corrected chi connectivity index (χ4v) is 3.46. The predicted octanol–water partition coefficient (Wildman–Crippen LogP) is 3.96. The molecular weight excluding hydrogens is 343 g/mol. The molecule has 0 amide bonds. The van der Waals surface area contributed by atoms with E-state index >= 15 is 0 Å². The number of Topliss-reactive ketones (excluding diaryl/α,β-unsaturated/α-hetero) is 1. The summed E-state index contributed by atoms with van der Waals surface area (Å²) in [6, 6.07) is 6.67. The van der Waals surface area contributed by atoms with Gasteiger partial charge in [0.1, 0.15) is 0 Å². The maximum Gasteiger partial charge on any atom is 0.261 e. The number of carbonyl (C=O) groups excluding carboxylic acids is 1. The number of thiophene rings is 1. The molecule has 4 nitrogen and oxygen atoms in total. The van der Waals surface area contributed by atoms with Crippen LogP contribution < -0.4 is 5.56 Å². The van der Waals surface area contributed by atoms with Crippen molar-refractivity contribution in [1.29, 1.82) is 0 Å². The van der Waals surface area contributed by atoms with Gasteiger partial charge in [-0.2, -0.15) is 0 Å². The summed E-state index contributed by atoms with van der Waals surface area (Å²) in [6.45, 7) is 1.86. The van der Waals surface area contributed by atoms with Crippen LogP contribution in [0.1, 0.15) is 14.5 Å². The first-order valence-corrected chi connectivity index (χ1v) is 7.97. The molecular formula is C15H10Cl2N2O2S. The van der Waals surface area contributed by atoms with Gasteiger partial charge in [-0.05, 0) is 31.2 Å². The van der Waals surface area contributed by atoms with Gasteiger partial charge in [0.15, 0.2) is 5.78 Å². The summed E-state index contributed by atoms with van der Waals surface area (Å²) in [4.78, 5) is 30.5. The monoisotopic (exact) mass is 352 g/mol. The molecule has 0 spiro atoms. The molecule has 3 aromatic rings. The van der Waals surface area contributed by atoms with Crippen LogP contribution >= 0.6 is 34.5 Å². The number of nitrogens with zero attached hydrogens (tertiary/aromatic N) is 2. The minimum absolute atomic E-state index is 0.0636. The van der Waals surface area contributed by atoms with Crippen LogP contribution in [0.3, 0.4) is 0 Å². The first-order chi connectivity index (χ1) is 10.5. The van der Waals surface area contributed by atoms with Gasteiger partial charge >= 0.3 is 0 Å². The molecule has 0 fully saturated rings. The smallest absolute Gasteiger partial charge is 0.261 e. The number of aryl methyl sites for hydroxylation is 1. The van der Waals surface area contributed by atoms with Gasteiger partial charge in [-0.25, -0.2) is 4.98 Å². The van der Waals surface area contributed by atoms with Crippen molar-refractivity contribution in [3.63, 3.8) is 0 Å². The highest BCUT2D eigenvalue weighted by Gasteiger charge is 2.13. The second-order valence-electron chi connectivity index (χ2n) is 4.79. The second kappa shape index (κ2) is 5.83. The Kier molecular flexibility index (Phi) is 4.04. The van der Waals surface area contributed by atoms with E-state index in [0.717, 1.165) is 4.88 Å². The van der Waals surface area contributed by atoms with Crippen LogP contribution in [0.4, 0.5) is 0 Å². The lowest BCUT2D eigenvalue weighted by molar-refractivity contribution is 0.0974. The first kappa shape index (κ1) is 15.2. The molecule has 1 aromatic carbocycles. The van der Waals surface area contributed by atoms with Crippen molar-refractivity contribution in [2.75, 3.05) is 0 Å². The Labute approximate surface area is 139 Å². The first-order valence-electron chi connectivity index (χ1n) is 6.39. The van der Waals surface area contributed by atoms with E-state index < -0.39 is 0 Å². The lowest BCUT2D eigenvalue weighted by Gasteiger charge is -2.06. The SMILES string of the molecule is Cc1ccc(C(=O)Cn2cnc3c(Cl)cc(Cl)cc3c2=O)s1. The maximum atomic E-state index is 12.5. The van der Waals surface area contributed by atoms with Gasteiger partial charge in [-0.15, -0.1) is 11.3 Å². The number of ketones is 1. The molecule has 0 aliphatic rings. The van der Waals surface area contributed by atoms with Crippen LogP contribution in [0.5, 0.6) is 0 Å². The zero-order valence-corrected chi connectivity index (χ0v) is 13.8. The van der Waals surface area contributed by atoms with Crippen LogP contribution in [-0.4, -0.2) is 15.3 Å². The highest BCUT2D eigenvalue weighted by atomic mass is 35.5. The van der Waals surface area contributed by atoms with Crippen molar-refractivity contribution in [3.05, 3.63) is 60.7 Å². The molecule has 7 heteroatoms. The number of hydrogen-bond donors (Lipinski definition) is 0. The van der Waals surface area contributed by atoms with Crippen LogP contribution in [0.15, 0.2) is 35.4 Å². The lowest BCUT2D eigenvalue weighted by Crippen LogP contribution is -2.24. The normalized spacial score (nSPS) is 11.0. The fraction of sp³-hybridized carbons (Fsp3) is 0.133. The number of benzene rings is 1. The molecule has 0 bridgehead atoms. The average molecular weight is 353 g/mol. The molecule has 112 valence electrons. The van der Waals surface area contributed by atoms with Crippen molar-refractivity contribution < 1.29 is 4.79 Å². The largest absolute Gasteiger partial charge is 0.291 e. The highest BCUT2D eigenvalue weighted by Crippen LogP contribution is 2.24. The van der Waals surface area contributed by atoms with Gasteiger partial charge in [-0.3, -0.25) is 14.2 Å². The standard InChI is InChI=1S/C15H10Cl2N2O2S/c1-8-2-3-13(22-8)12(20)6-19-7-18-14-10(15(19)21)4-9(16)5-11(14)17/h2-5,7H,6H2,1H3. The Balaban J connectivity index is 2.03. The van der Waals surface area contributed by atoms with E-state index in [-0.39, 0.29) is 17.9 Å². The third-order valence-corrected chi connectivity index (χ3v) is 4.72. The molecule has 0 aliphatic carbocycles. The van der Waals surface area contributed by atoms with Gasteiger partial charge in [-0.1, -0.05) is 23.2 Å². The molecule has 0 radical (unpaired) electrons. The molecule has 3 rings (SSSR count). The van der Waals surface area contributed by atoms with Crippen molar-refractivity contribution in [2.24, 2.45) is 0 Å². The van der Waals surface area contributed by atoms with Crippen molar-refractivity contribution in [3.8, 4) is 0 Å². The Morgan fingerprint density at radius 1 is 1.32 bits per heavy atom. The third kappa shape index (κ3) is 2.79. The average Bonchev–Trinajstić information content (AvgIpc) is 2.89. The summed E-state index contributed by atoms with van der Waals surface area (Å²) in [7, 11) is 0. The van der Waals surface area contributed by atoms with Crippen molar-refractivity contribution in [1.82, 2.24) is 9.55 Å². The summed E-state index contributed by atoms with van der Waals surface area (Å²) in [5.41, 5.74) is 0.0442. The minimum Gasteiger partial charge on any atom is -0.291 e. The van der Waals surface area contributed by atoms with Gasteiger partial charge in [0, 0.05) is 9.90 Å². The van der Waals surface area contributed by atoms with Gasteiger partial charge < -0.3 is 0 Å². The predicted molar refractivity (Wildman–Crippen MR) is 89.4 cm³/mol. The topological polar surface area (TPSA) is 52.0 Å². The number of aromatic nitrogens is 2. The molecule has 0 aliphatic heterocycles. The van der Waals surface area contributed by atoms with Crippen molar-refractivity contribution >= 4 is 51.2 Å². The van der Waals surface area contributed by atoms with Crippen LogP contribution in [0, 0.1) is 6.92 Å². The summed E-state index contributed by atoms with van der Waals surface area (Å²) in [6.07, 6.45) is 1.34. The number of carbonyl (C=O) groups is 1. The number of fused-ring (bicyclic) bond motifs is 1. The van der Waals surface area contributed by atoms with E-state index in [9.17, 15) is 9.59 Å². The molecule has 22 heavy (non-hydrogen) atoms. The molecule has 0 saturated carbocycles. The van der Waals surface area contributed by atoms with Gasteiger partial charge in [0.25, 0.3) is 5.56 Å². The molecule has 2 heterocycles. The van der Waals surface area contributed by atoms with E-state index in [4.69, 9.17) is 23.2 Å². The molecule has 2 aromatic heterocycles. The fourth-order valence-electron chi connectivity index (χ4n) is 2.12. The number of halogens is 2. The van der Waals surface area contributed by atoms with Crippen LogP contribution in [0.25, 0.3) is 10.9 Å². The Bertz CT molecular complexity index is 946. The van der Waals surface area contributed by atoms with E-state index in [1.807, 2.05) is 13.0 Å². The number of rotatable bonds is 3. The van der Waals surface area contributed by atoms with E-state index in [2.05, 4.69) is 4.98 Å². The maximum absolute atomic E-state index is 12.5. The van der Waals surface area contributed by atoms with Gasteiger partial charge in [0.05, 0.1) is 33.7 Å². The Hall–Kier alpha value is -1.69. The summed E-state index contributed by atoms with van der Waals surface area (Å²) in [5, 5.41) is 0.969. The molecule has 0 N–H and O–H groups in total. The molecule has 0 unspecified atom stereocenters.